The molecule has 0 bridgehead atoms. The van der Waals surface area contributed by atoms with Gasteiger partial charge in [0.2, 0.25) is 5.82 Å². The van der Waals surface area contributed by atoms with Crippen LogP contribution in [0.2, 0.25) is 0 Å². The molecule has 36 heavy (non-hydrogen) atoms. The number of nitrogens with zero attached hydrogens (tertiary/aromatic N) is 4. The van der Waals surface area contributed by atoms with Crippen molar-refractivity contribution in [1.82, 2.24) is 30.0 Å². The SMILES string of the molecule is Nc1ncnc([N+]2(C3(CCN4CCCC4)NC=CN3)CCC(c3cccc(F)c3)CC2)c1C1CCC1. The van der Waals surface area contributed by atoms with Crippen LogP contribution in [0.3, 0.4) is 0 Å². The van der Waals surface area contributed by atoms with Crippen molar-refractivity contribution in [2.24, 2.45) is 0 Å². The summed E-state index contributed by atoms with van der Waals surface area (Å²) in [5.41, 5.74) is 8.84. The van der Waals surface area contributed by atoms with Gasteiger partial charge in [0.1, 0.15) is 18.0 Å². The summed E-state index contributed by atoms with van der Waals surface area (Å²) in [5, 5.41) is 7.56. The normalized spacial score (nSPS) is 28.0. The van der Waals surface area contributed by atoms with Crippen molar-refractivity contribution in [3.8, 4) is 0 Å². The van der Waals surface area contributed by atoms with Crippen LogP contribution in [0, 0.1) is 5.82 Å². The Balaban J connectivity index is 1.39. The van der Waals surface area contributed by atoms with Crippen LogP contribution in [0.25, 0.3) is 0 Å². The standard InChI is InChI=1S/C28H39FN7/c29-24-8-4-7-23(19-24)21-9-17-36(18-10-21,27-25(22-5-3-6-22)26(30)31-20-32-27)28(33-12-13-34-28)11-16-35-14-1-2-15-35/h4,7-8,12-13,19-22,33-34H,1-3,5-6,9-11,14-18H2,(H2,30,31,32)/q+1. The van der Waals surface area contributed by atoms with E-state index >= 15 is 0 Å². The average molecular weight is 493 g/mol. The van der Waals surface area contributed by atoms with Crippen LogP contribution >= 0.6 is 0 Å². The summed E-state index contributed by atoms with van der Waals surface area (Å²) >= 11 is 0. The van der Waals surface area contributed by atoms with Gasteiger partial charge in [0.25, 0.3) is 5.79 Å². The minimum atomic E-state index is -0.394. The summed E-state index contributed by atoms with van der Waals surface area (Å²) in [6.45, 7) is 5.20. The second kappa shape index (κ2) is 9.63. The predicted molar refractivity (Wildman–Crippen MR) is 141 cm³/mol. The monoisotopic (exact) mass is 492 g/mol. The summed E-state index contributed by atoms with van der Waals surface area (Å²) in [7, 11) is 0. The molecule has 1 aromatic carbocycles. The molecular weight excluding hydrogens is 453 g/mol. The lowest BCUT2D eigenvalue weighted by molar-refractivity contribution is 0.0206. The van der Waals surface area contributed by atoms with Gasteiger partial charge in [0.05, 0.1) is 25.1 Å². The lowest BCUT2D eigenvalue weighted by Gasteiger charge is -2.54. The molecule has 2 aromatic rings. The van der Waals surface area contributed by atoms with E-state index < -0.39 is 5.79 Å². The maximum Gasteiger partial charge on any atom is 0.257 e. The van der Waals surface area contributed by atoms with Gasteiger partial charge in [0, 0.05) is 31.8 Å². The number of quaternary nitrogens is 1. The molecule has 0 amide bonds. The second-order valence-corrected chi connectivity index (χ2v) is 11.1. The van der Waals surface area contributed by atoms with Crippen molar-refractivity contribution < 1.29 is 4.39 Å². The summed E-state index contributed by atoms with van der Waals surface area (Å²) in [5.74, 6) is 1.94. The zero-order valence-electron chi connectivity index (χ0n) is 21.1. The zero-order chi connectivity index (χ0) is 24.6. The van der Waals surface area contributed by atoms with Crippen LogP contribution < -0.4 is 20.9 Å². The minimum Gasteiger partial charge on any atom is -0.383 e. The number of nitrogens with two attached hydrogens (primary N) is 1. The van der Waals surface area contributed by atoms with Gasteiger partial charge in [-0.2, -0.15) is 4.98 Å². The molecule has 1 aliphatic carbocycles. The molecule has 192 valence electrons. The number of nitrogen functional groups attached to an aromatic ring is 1. The first-order valence-electron chi connectivity index (χ1n) is 13.8. The van der Waals surface area contributed by atoms with Gasteiger partial charge in [-0.1, -0.05) is 18.6 Å². The van der Waals surface area contributed by atoms with E-state index in [0.29, 0.717) is 22.1 Å². The van der Waals surface area contributed by atoms with E-state index in [1.54, 1.807) is 12.4 Å². The van der Waals surface area contributed by atoms with E-state index in [2.05, 4.69) is 39.0 Å². The number of anilines is 1. The van der Waals surface area contributed by atoms with Crippen molar-refractivity contribution in [3.63, 3.8) is 0 Å². The van der Waals surface area contributed by atoms with Crippen molar-refractivity contribution in [1.29, 1.82) is 0 Å². The number of nitrogens with one attached hydrogen (secondary N) is 2. The lowest BCUT2D eigenvalue weighted by Crippen LogP contribution is -2.78. The van der Waals surface area contributed by atoms with Gasteiger partial charge in [-0.25, -0.2) is 13.9 Å². The third kappa shape index (κ3) is 4.04. The number of rotatable bonds is 7. The van der Waals surface area contributed by atoms with Gasteiger partial charge in [-0.15, -0.1) is 0 Å². The summed E-state index contributed by atoms with van der Waals surface area (Å²) < 4.78 is 14.8. The molecule has 3 fully saturated rings. The molecule has 7 nitrogen and oxygen atoms in total. The van der Waals surface area contributed by atoms with E-state index in [4.69, 9.17) is 10.7 Å². The van der Waals surface area contributed by atoms with Gasteiger partial charge in [-0.3, -0.25) is 0 Å². The fourth-order valence-electron chi connectivity index (χ4n) is 7.04. The Morgan fingerprint density at radius 1 is 1.00 bits per heavy atom. The molecule has 6 rings (SSSR count). The Hall–Kier alpha value is -2.71. The van der Waals surface area contributed by atoms with Crippen LogP contribution in [0.15, 0.2) is 43.0 Å². The molecule has 4 N–H and O–H groups in total. The molecule has 8 heteroatoms. The highest BCUT2D eigenvalue weighted by Gasteiger charge is 2.57. The first-order chi connectivity index (χ1) is 17.6. The van der Waals surface area contributed by atoms with Crippen LogP contribution in [-0.4, -0.2) is 53.4 Å². The molecule has 4 aliphatic rings. The smallest absolute Gasteiger partial charge is 0.257 e. The van der Waals surface area contributed by atoms with Crippen LogP contribution in [-0.2, 0) is 0 Å². The van der Waals surface area contributed by atoms with Gasteiger partial charge in [-0.05, 0) is 68.3 Å². The highest BCUT2D eigenvalue weighted by Crippen LogP contribution is 2.48. The fourth-order valence-corrected chi connectivity index (χ4v) is 7.04. The summed E-state index contributed by atoms with van der Waals surface area (Å²) in [6.07, 6.45) is 14.8. The van der Waals surface area contributed by atoms with Crippen molar-refractivity contribution in [3.05, 3.63) is 59.9 Å². The molecular formula is C28H39FN7+. The fraction of sp³-hybridized carbons (Fsp3) is 0.571. The molecule has 3 aliphatic heterocycles. The largest absolute Gasteiger partial charge is 0.383 e. The van der Waals surface area contributed by atoms with Crippen LogP contribution in [0.4, 0.5) is 16.0 Å². The van der Waals surface area contributed by atoms with Crippen molar-refractivity contribution in [2.45, 2.75) is 69.0 Å². The Morgan fingerprint density at radius 2 is 1.75 bits per heavy atom. The Bertz CT molecular complexity index is 1090. The zero-order valence-corrected chi connectivity index (χ0v) is 21.1. The van der Waals surface area contributed by atoms with Crippen molar-refractivity contribution in [2.75, 3.05) is 38.5 Å². The number of halogens is 1. The van der Waals surface area contributed by atoms with Gasteiger partial charge >= 0.3 is 0 Å². The number of piperidine rings is 1. The average Bonchev–Trinajstić information content (AvgIpc) is 3.56. The Morgan fingerprint density at radius 3 is 2.42 bits per heavy atom. The molecule has 2 saturated heterocycles. The van der Waals surface area contributed by atoms with Gasteiger partial charge < -0.3 is 21.3 Å². The summed E-state index contributed by atoms with van der Waals surface area (Å²) in [6, 6.07) is 7.16. The molecule has 0 spiro atoms. The lowest BCUT2D eigenvalue weighted by atomic mass is 9.79. The number of hydrogen-bond acceptors (Lipinski definition) is 6. The van der Waals surface area contributed by atoms with Crippen LogP contribution in [0.5, 0.6) is 0 Å². The quantitative estimate of drug-likeness (QED) is 0.504. The van der Waals surface area contributed by atoms with Crippen molar-refractivity contribution >= 4 is 11.6 Å². The van der Waals surface area contributed by atoms with E-state index in [0.717, 1.165) is 68.7 Å². The molecule has 1 saturated carbocycles. The maximum atomic E-state index is 14.1. The third-order valence-corrected chi connectivity index (χ3v) is 9.30. The number of hydrogen-bond donors (Lipinski definition) is 3. The topological polar surface area (TPSA) is 79.1 Å². The Labute approximate surface area is 213 Å². The highest BCUT2D eigenvalue weighted by atomic mass is 19.1. The minimum absolute atomic E-state index is 0.153. The molecule has 0 atom stereocenters. The first-order valence-corrected chi connectivity index (χ1v) is 13.8. The highest BCUT2D eigenvalue weighted by molar-refractivity contribution is 5.58. The van der Waals surface area contributed by atoms with E-state index in [-0.39, 0.29) is 5.82 Å². The van der Waals surface area contributed by atoms with E-state index in [1.807, 2.05) is 6.07 Å². The number of benzene rings is 1. The van der Waals surface area contributed by atoms with E-state index in [1.165, 1.54) is 38.4 Å². The van der Waals surface area contributed by atoms with Gasteiger partial charge in [0.15, 0.2) is 0 Å². The van der Waals surface area contributed by atoms with E-state index in [9.17, 15) is 4.39 Å². The number of likely N-dealkylation sites (tertiary alicyclic amines) is 2. The second-order valence-electron chi connectivity index (χ2n) is 11.1. The number of aromatic nitrogens is 2. The summed E-state index contributed by atoms with van der Waals surface area (Å²) in [4.78, 5) is 12.1. The third-order valence-electron chi connectivity index (χ3n) is 9.30. The van der Waals surface area contributed by atoms with Crippen LogP contribution in [0.1, 0.15) is 74.3 Å². The molecule has 0 radical (unpaired) electrons. The predicted octanol–water partition coefficient (Wildman–Crippen LogP) is 4.15. The Kier molecular flexibility index (Phi) is 6.33. The maximum absolute atomic E-state index is 14.1. The molecule has 4 heterocycles. The first kappa shape index (κ1) is 23.7. The molecule has 0 unspecified atom stereocenters. The molecule has 1 aromatic heterocycles.